The van der Waals surface area contributed by atoms with Gasteiger partial charge in [0.2, 0.25) is 0 Å². The Labute approximate surface area is 190 Å². The third kappa shape index (κ3) is 5.70. The van der Waals surface area contributed by atoms with Crippen LogP contribution in [-0.4, -0.2) is 16.0 Å². The summed E-state index contributed by atoms with van der Waals surface area (Å²) in [5, 5.41) is 22.5. The molecule has 174 valence electrons. The van der Waals surface area contributed by atoms with Gasteiger partial charge >= 0.3 is 5.63 Å². The number of hydrogen-bond acceptors (Lipinski definition) is 5. The standard InChI is InChI=1S/C27H36O5/c1-7-10-19-15-21(28)32-27-22(19)25(30)20(14-13-17(5)12-9-11-16(3)4)26(31)23(27)24(29)18(6)8-2/h11,13,15,18,30-31H,7-10,12,14H2,1-6H3/b17-13+/t18-/m0/s1. The first-order chi connectivity index (χ1) is 15.1. The van der Waals surface area contributed by atoms with Gasteiger partial charge in [-0.1, -0.05) is 50.5 Å². The van der Waals surface area contributed by atoms with Crippen molar-refractivity contribution >= 4 is 16.8 Å². The van der Waals surface area contributed by atoms with E-state index in [4.69, 9.17) is 4.42 Å². The van der Waals surface area contributed by atoms with Crippen molar-refractivity contribution in [3.05, 3.63) is 56.5 Å². The fraction of sp³-hybridized carbons (Fsp3) is 0.481. The van der Waals surface area contributed by atoms with Crippen molar-refractivity contribution in [1.82, 2.24) is 0 Å². The third-order valence-corrected chi connectivity index (χ3v) is 5.89. The quantitative estimate of drug-likeness (QED) is 0.246. The number of phenolic OH excluding ortho intramolecular Hbond substituents is 2. The summed E-state index contributed by atoms with van der Waals surface area (Å²) in [6, 6.07) is 1.37. The van der Waals surface area contributed by atoms with Gasteiger partial charge in [-0.3, -0.25) is 4.79 Å². The Morgan fingerprint density at radius 3 is 2.41 bits per heavy atom. The molecule has 5 heteroatoms. The number of hydrogen-bond donors (Lipinski definition) is 2. The second-order valence-corrected chi connectivity index (χ2v) is 8.84. The summed E-state index contributed by atoms with van der Waals surface area (Å²) in [7, 11) is 0. The number of carbonyl (C=O) groups excluding carboxylic acids is 1. The van der Waals surface area contributed by atoms with Crippen LogP contribution >= 0.6 is 0 Å². The van der Waals surface area contributed by atoms with E-state index in [0.29, 0.717) is 23.8 Å². The topological polar surface area (TPSA) is 87.7 Å². The van der Waals surface area contributed by atoms with Gasteiger partial charge in [-0.25, -0.2) is 4.79 Å². The summed E-state index contributed by atoms with van der Waals surface area (Å²) in [6.45, 7) is 11.8. The first-order valence-electron chi connectivity index (χ1n) is 11.5. The number of rotatable bonds is 10. The lowest BCUT2D eigenvalue weighted by Crippen LogP contribution is -2.14. The van der Waals surface area contributed by atoms with Gasteiger partial charge in [-0.15, -0.1) is 0 Å². The van der Waals surface area contributed by atoms with Crippen molar-refractivity contribution in [3.63, 3.8) is 0 Å². The minimum absolute atomic E-state index is 0.00667. The number of carbonyl (C=O) groups is 1. The second kappa shape index (κ2) is 11.2. The molecular weight excluding hydrogens is 404 g/mol. The number of aryl methyl sites for hydroxylation is 1. The molecule has 0 saturated carbocycles. The van der Waals surface area contributed by atoms with E-state index in [-0.39, 0.29) is 46.3 Å². The Balaban J connectivity index is 2.71. The van der Waals surface area contributed by atoms with Gasteiger partial charge in [0, 0.05) is 17.5 Å². The van der Waals surface area contributed by atoms with Gasteiger partial charge in [0.1, 0.15) is 17.1 Å². The Kier molecular flexibility index (Phi) is 8.88. The first kappa shape index (κ1) is 25.4. The monoisotopic (exact) mass is 440 g/mol. The predicted octanol–water partition coefficient (Wildman–Crippen LogP) is 6.62. The zero-order chi connectivity index (χ0) is 24.0. The van der Waals surface area contributed by atoms with Crippen LogP contribution in [0.3, 0.4) is 0 Å². The van der Waals surface area contributed by atoms with Crippen LogP contribution in [-0.2, 0) is 12.8 Å². The highest BCUT2D eigenvalue weighted by Gasteiger charge is 2.28. The molecule has 0 unspecified atom stereocenters. The van der Waals surface area contributed by atoms with E-state index >= 15 is 0 Å². The van der Waals surface area contributed by atoms with E-state index in [1.807, 2.05) is 26.8 Å². The largest absolute Gasteiger partial charge is 0.507 e. The van der Waals surface area contributed by atoms with Crippen molar-refractivity contribution in [1.29, 1.82) is 0 Å². The summed E-state index contributed by atoms with van der Waals surface area (Å²) >= 11 is 0. The van der Waals surface area contributed by atoms with E-state index in [1.54, 1.807) is 6.92 Å². The molecule has 0 spiro atoms. The lowest BCUT2D eigenvalue weighted by atomic mass is 9.89. The van der Waals surface area contributed by atoms with Gasteiger partial charge in [0.25, 0.3) is 0 Å². The molecule has 0 amide bonds. The van der Waals surface area contributed by atoms with Crippen LogP contribution < -0.4 is 5.63 Å². The van der Waals surface area contributed by atoms with Gasteiger partial charge in [-0.2, -0.15) is 0 Å². The lowest BCUT2D eigenvalue weighted by Gasteiger charge is -2.17. The third-order valence-electron chi connectivity index (χ3n) is 5.89. The van der Waals surface area contributed by atoms with Gasteiger partial charge < -0.3 is 14.6 Å². The Morgan fingerprint density at radius 1 is 1.12 bits per heavy atom. The molecule has 2 N–H and O–H groups in total. The average Bonchev–Trinajstić information content (AvgIpc) is 2.72. The van der Waals surface area contributed by atoms with E-state index in [0.717, 1.165) is 24.8 Å². The Bertz CT molecular complexity index is 1100. The molecular formula is C27H36O5. The van der Waals surface area contributed by atoms with Crippen molar-refractivity contribution in [3.8, 4) is 11.5 Å². The number of fused-ring (bicyclic) bond motifs is 1. The van der Waals surface area contributed by atoms with E-state index in [2.05, 4.69) is 19.9 Å². The van der Waals surface area contributed by atoms with Crippen LogP contribution in [0, 0.1) is 5.92 Å². The van der Waals surface area contributed by atoms with Crippen LogP contribution in [0.25, 0.3) is 11.0 Å². The molecule has 1 atom stereocenters. The van der Waals surface area contributed by atoms with Gasteiger partial charge in [0.05, 0.1) is 5.39 Å². The molecule has 0 aliphatic rings. The SMILES string of the molecule is CCCc1cc(=O)oc2c(C(=O)[C@@H](C)CC)c(O)c(C/C=C(\C)CCC=C(C)C)c(O)c12. The summed E-state index contributed by atoms with van der Waals surface area (Å²) in [4.78, 5) is 25.4. The maximum atomic E-state index is 13.2. The van der Waals surface area contributed by atoms with Crippen LogP contribution in [0.4, 0.5) is 0 Å². The Morgan fingerprint density at radius 2 is 1.81 bits per heavy atom. The van der Waals surface area contributed by atoms with Crippen molar-refractivity contribution in [2.24, 2.45) is 5.92 Å². The Hall–Kier alpha value is -2.82. The van der Waals surface area contributed by atoms with Gasteiger partial charge in [-0.05, 0) is 58.4 Å². The smallest absolute Gasteiger partial charge is 0.336 e. The highest BCUT2D eigenvalue weighted by atomic mass is 16.4. The van der Waals surface area contributed by atoms with Crippen LogP contribution in [0.1, 0.15) is 88.7 Å². The molecule has 1 aromatic carbocycles. The van der Waals surface area contributed by atoms with E-state index < -0.39 is 5.63 Å². The molecule has 0 fully saturated rings. The molecule has 0 saturated heterocycles. The normalized spacial score (nSPS) is 12.8. The summed E-state index contributed by atoms with van der Waals surface area (Å²) in [6.07, 6.45) is 8.09. The van der Waals surface area contributed by atoms with Crippen molar-refractivity contribution < 1.29 is 19.4 Å². The van der Waals surface area contributed by atoms with Crippen LogP contribution in [0.15, 0.2) is 38.6 Å². The zero-order valence-electron chi connectivity index (χ0n) is 20.2. The molecule has 0 bridgehead atoms. The van der Waals surface area contributed by atoms with Crippen LogP contribution in [0.2, 0.25) is 0 Å². The highest BCUT2D eigenvalue weighted by Crippen LogP contribution is 2.42. The zero-order valence-corrected chi connectivity index (χ0v) is 20.2. The number of phenols is 2. The number of Topliss-reactive ketones (excluding diaryl/α,β-unsaturated/α-hetero) is 1. The van der Waals surface area contributed by atoms with E-state index in [9.17, 15) is 19.8 Å². The maximum Gasteiger partial charge on any atom is 0.336 e. The predicted molar refractivity (Wildman–Crippen MR) is 130 cm³/mol. The molecule has 1 heterocycles. The summed E-state index contributed by atoms with van der Waals surface area (Å²) in [5.41, 5.74) is 2.69. The molecule has 1 aromatic heterocycles. The van der Waals surface area contributed by atoms with Gasteiger partial charge in [0.15, 0.2) is 11.4 Å². The molecule has 5 nitrogen and oxygen atoms in total. The van der Waals surface area contributed by atoms with Crippen molar-refractivity contribution in [2.45, 2.75) is 80.1 Å². The minimum atomic E-state index is -0.597. The molecule has 0 aliphatic heterocycles. The fourth-order valence-electron chi connectivity index (χ4n) is 3.79. The maximum absolute atomic E-state index is 13.2. The summed E-state index contributed by atoms with van der Waals surface area (Å²) < 4.78 is 5.40. The van der Waals surface area contributed by atoms with Crippen LogP contribution in [0.5, 0.6) is 11.5 Å². The minimum Gasteiger partial charge on any atom is -0.507 e. The number of aromatic hydroxyl groups is 2. The number of ketones is 1. The first-order valence-corrected chi connectivity index (χ1v) is 11.5. The lowest BCUT2D eigenvalue weighted by molar-refractivity contribution is 0.0925. The number of allylic oxidation sites excluding steroid dienone is 4. The number of benzene rings is 1. The van der Waals surface area contributed by atoms with Crippen molar-refractivity contribution in [2.75, 3.05) is 0 Å². The molecule has 2 aromatic rings. The summed E-state index contributed by atoms with van der Waals surface area (Å²) in [5.74, 6) is -1.08. The fourth-order valence-corrected chi connectivity index (χ4v) is 3.79. The molecule has 2 rings (SSSR count). The highest BCUT2D eigenvalue weighted by molar-refractivity contribution is 6.12. The molecule has 0 aliphatic carbocycles. The second-order valence-electron chi connectivity index (χ2n) is 8.84. The van der Waals surface area contributed by atoms with E-state index in [1.165, 1.54) is 11.6 Å². The molecule has 0 radical (unpaired) electrons. The average molecular weight is 441 g/mol. The molecule has 32 heavy (non-hydrogen) atoms.